The van der Waals surface area contributed by atoms with E-state index in [0.29, 0.717) is 10.6 Å². The quantitative estimate of drug-likeness (QED) is 0.887. The topological polar surface area (TPSA) is 46.2 Å². The summed E-state index contributed by atoms with van der Waals surface area (Å²) in [6.45, 7) is -0.00996. The van der Waals surface area contributed by atoms with Gasteiger partial charge in [0.15, 0.2) is 0 Å². The van der Waals surface area contributed by atoms with Crippen molar-refractivity contribution in [2.75, 3.05) is 6.54 Å². The Morgan fingerprint density at radius 3 is 2.33 bits per heavy atom. The first kappa shape index (κ1) is 16.2. The molecule has 0 amide bonds. The number of rotatable bonds is 4. The summed E-state index contributed by atoms with van der Waals surface area (Å²) in [6, 6.07) is 7.80. The Bertz CT molecular complexity index is 652. The zero-order chi connectivity index (χ0) is 15.6. The molecule has 0 radical (unpaired) electrons. The lowest BCUT2D eigenvalue weighted by molar-refractivity contribution is 0.145. The van der Waals surface area contributed by atoms with Crippen molar-refractivity contribution in [1.82, 2.24) is 0 Å². The maximum atomic E-state index is 13.9. The highest BCUT2D eigenvalue weighted by atomic mass is 35.5. The monoisotopic (exact) mass is 331 g/mol. The van der Waals surface area contributed by atoms with Crippen LogP contribution in [0.3, 0.4) is 0 Å². The average molecular weight is 332 g/mol. The van der Waals surface area contributed by atoms with Crippen LogP contribution in [0.15, 0.2) is 36.4 Å². The molecule has 3 N–H and O–H groups in total. The molecule has 0 aliphatic rings. The summed E-state index contributed by atoms with van der Waals surface area (Å²) >= 11 is 11.7. The lowest BCUT2D eigenvalue weighted by Crippen LogP contribution is -2.21. The second-order valence-electron chi connectivity index (χ2n) is 4.63. The zero-order valence-corrected chi connectivity index (χ0v) is 12.4. The lowest BCUT2D eigenvalue weighted by atomic mass is 9.89. The molecule has 112 valence electrons. The van der Waals surface area contributed by atoms with Crippen LogP contribution in [0.4, 0.5) is 8.78 Å². The van der Waals surface area contributed by atoms with Crippen LogP contribution in [0.1, 0.15) is 23.1 Å². The van der Waals surface area contributed by atoms with Crippen molar-refractivity contribution in [2.45, 2.75) is 12.0 Å². The van der Waals surface area contributed by atoms with Gasteiger partial charge in [0.1, 0.15) is 11.6 Å². The molecule has 2 unspecified atom stereocenters. The number of nitrogens with two attached hydrogens (primary N) is 1. The maximum Gasteiger partial charge on any atom is 0.129 e. The Labute approximate surface area is 131 Å². The first-order chi connectivity index (χ1) is 9.93. The molecular weight excluding hydrogens is 319 g/mol. The smallest absolute Gasteiger partial charge is 0.129 e. The molecule has 2 aromatic rings. The number of aliphatic hydroxyl groups is 1. The van der Waals surface area contributed by atoms with Gasteiger partial charge in [0, 0.05) is 18.5 Å². The fourth-order valence-electron chi connectivity index (χ4n) is 2.16. The molecule has 0 saturated heterocycles. The molecule has 0 aromatic heterocycles. The highest BCUT2D eigenvalue weighted by molar-refractivity contribution is 6.42. The number of benzene rings is 2. The number of hydrogen-bond donors (Lipinski definition) is 2. The van der Waals surface area contributed by atoms with Crippen LogP contribution in [-0.2, 0) is 0 Å². The van der Waals surface area contributed by atoms with Gasteiger partial charge >= 0.3 is 0 Å². The molecule has 2 atom stereocenters. The molecule has 0 aliphatic carbocycles. The van der Waals surface area contributed by atoms with Gasteiger partial charge in [0.05, 0.1) is 16.1 Å². The summed E-state index contributed by atoms with van der Waals surface area (Å²) in [5, 5.41) is 11.0. The van der Waals surface area contributed by atoms with E-state index in [1.807, 2.05) is 0 Å². The minimum absolute atomic E-state index is 0.00996. The van der Waals surface area contributed by atoms with Crippen LogP contribution >= 0.6 is 23.2 Å². The van der Waals surface area contributed by atoms with Gasteiger partial charge in [0.25, 0.3) is 0 Å². The molecular formula is C15H13Cl2F2NO. The predicted molar refractivity (Wildman–Crippen MR) is 79.6 cm³/mol. The van der Waals surface area contributed by atoms with Gasteiger partial charge in [-0.25, -0.2) is 8.78 Å². The highest BCUT2D eigenvalue weighted by Gasteiger charge is 2.25. The predicted octanol–water partition coefficient (Wildman–Crippen LogP) is 4.05. The van der Waals surface area contributed by atoms with Crippen molar-refractivity contribution in [3.8, 4) is 0 Å². The fraction of sp³-hybridized carbons (Fsp3) is 0.200. The zero-order valence-electron chi connectivity index (χ0n) is 10.9. The highest BCUT2D eigenvalue weighted by Crippen LogP contribution is 2.34. The van der Waals surface area contributed by atoms with E-state index in [1.54, 1.807) is 6.07 Å². The summed E-state index contributed by atoms with van der Waals surface area (Å²) in [7, 11) is 0. The molecule has 0 saturated carbocycles. The number of halogens is 4. The van der Waals surface area contributed by atoms with E-state index in [-0.39, 0.29) is 17.1 Å². The van der Waals surface area contributed by atoms with E-state index in [4.69, 9.17) is 28.9 Å². The Balaban J connectivity index is 2.37. The number of aliphatic hydroxyl groups excluding tert-OH is 1. The van der Waals surface area contributed by atoms with Crippen molar-refractivity contribution in [2.24, 2.45) is 5.73 Å². The van der Waals surface area contributed by atoms with Crippen LogP contribution in [0.5, 0.6) is 0 Å². The third-order valence-corrected chi connectivity index (χ3v) is 4.02. The molecule has 2 rings (SSSR count). The van der Waals surface area contributed by atoms with Crippen LogP contribution in [-0.4, -0.2) is 11.7 Å². The molecule has 0 bridgehead atoms. The maximum absolute atomic E-state index is 13.9. The Morgan fingerprint density at radius 2 is 1.76 bits per heavy atom. The van der Waals surface area contributed by atoms with Gasteiger partial charge in [-0.2, -0.15) is 0 Å². The van der Waals surface area contributed by atoms with Gasteiger partial charge in [0.2, 0.25) is 0 Å². The van der Waals surface area contributed by atoms with Gasteiger partial charge in [-0.3, -0.25) is 0 Å². The van der Waals surface area contributed by atoms with Crippen molar-refractivity contribution in [3.63, 3.8) is 0 Å². The largest absolute Gasteiger partial charge is 0.388 e. The second kappa shape index (κ2) is 6.71. The summed E-state index contributed by atoms with van der Waals surface area (Å²) in [5.74, 6) is -2.15. The lowest BCUT2D eigenvalue weighted by Gasteiger charge is -2.23. The minimum Gasteiger partial charge on any atom is -0.388 e. The second-order valence-corrected chi connectivity index (χ2v) is 5.44. The van der Waals surface area contributed by atoms with E-state index in [1.165, 1.54) is 18.2 Å². The van der Waals surface area contributed by atoms with E-state index in [2.05, 4.69) is 0 Å². The van der Waals surface area contributed by atoms with Crippen LogP contribution in [0.25, 0.3) is 0 Å². The molecule has 21 heavy (non-hydrogen) atoms. The molecule has 0 spiro atoms. The van der Waals surface area contributed by atoms with Crippen molar-refractivity contribution in [3.05, 3.63) is 69.2 Å². The molecule has 0 heterocycles. The van der Waals surface area contributed by atoms with Crippen LogP contribution in [0.2, 0.25) is 10.0 Å². The minimum atomic E-state index is -1.08. The van der Waals surface area contributed by atoms with Crippen molar-refractivity contribution in [1.29, 1.82) is 0 Å². The summed E-state index contributed by atoms with van der Waals surface area (Å²) in [5.41, 5.74) is 6.25. The summed E-state index contributed by atoms with van der Waals surface area (Å²) in [4.78, 5) is 0. The third kappa shape index (κ3) is 3.52. The molecule has 2 aromatic carbocycles. The summed E-state index contributed by atoms with van der Waals surface area (Å²) in [6.07, 6.45) is -1.08. The van der Waals surface area contributed by atoms with Gasteiger partial charge in [-0.05, 0) is 29.3 Å². The standard InChI is InChI=1S/C15H13Cl2F2NO/c16-12-4-1-8(5-13(12)17)15(21)11(7-20)10-3-2-9(18)6-14(10)19/h1-6,11,15,21H,7,20H2. The fourth-order valence-corrected chi connectivity index (χ4v) is 2.46. The SMILES string of the molecule is NCC(c1ccc(F)cc1F)C(O)c1ccc(Cl)c(Cl)c1. The van der Waals surface area contributed by atoms with Crippen molar-refractivity contribution < 1.29 is 13.9 Å². The van der Waals surface area contributed by atoms with Crippen LogP contribution in [0, 0.1) is 11.6 Å². The van der Waals surface area contributed by atoms with Gasteiger partial charge in [-0.15, -0.1) is 0 Å². The van der Waals surface area contributed by atoms with E-state index < -0.39 is 23.7 Å². The third-order valence-electron chi connectivity index (χ3n) is 3.28. The van der Waals surface area contributed by atoms with E-state index in [0.717, 1.165) is 12.1 Å². The van der Waals surface area contributed by atoms with Gasteiger partial charge in [-0.1, -0.05) is 35.3 Å². The van der Waals surface area contributed by atoms with Crippen molar-refractivity contribution >= 4 is 23.2 Å². The first-order valence-corrected chi connectivity index (χ1v) is 6.97. The Morgan fingerprint density at radius 1 is 1.05 bits per heavy atom. The molecule has 6 heteroatoms. The Hall–Kier alpha value is -1.20. The average Bonchev–Trinajstić information content (AvgIpc) is 2.44. The summed E-state index contributed by atoms with van der Waals surface area (Å²) < 4.78 is 26.8. The normalized spacial score (nSPS) is 14.0. The van der Waals surface area contributed by atoms with Gasteiger partial charge < -0.3 is 10.8 Å². The Kier molecular flexibility index (Phi) is 5.17. The van der Waals surface area contributed by atoms with E-state index in [9.17, 15) is 13.9 Å². The number of hydrogen-bond acceptors (Lipinski definition) is 2. The first-order valence-electron chi connectivity index (χ1n) is 6.22. The molecule has 2 nitrogen and oxygen atoms in total. The molecule has 0 fully saturated rings. The van der Waals surface area contributed by atoms with Crippen LogP contribution < -0.4 is 5.73 Å². The van der Waals surface area contributed by atoms with E-state index >= 15 is 0 Å². The molecule has 0 aliphatic heterocycles.